The molecule has 0 saturated heterocycles. The van der Waals surface area contributed by atoms with Crippen molar-refractivity contribution in [2.45, 2.75) is 32.7 Å². The third kappa shape index (κ3) is 6.78. The van der Waals surface area contributed by atoms with Gasteiger partial charge in [-0.05, 0) is 12.3 Å². The van der Waals surface area contributed by atoms with Crippen molar-refractivity contribution >= 4 is 12.0 Å². The lowest BCUT2D eigenvalue weighted by molar-refractivity contribution is -0.136. The Bertz CT molecular complexity index is 256. The third-order valence-electron chi connectivity index (χ3n) is 2.44. The Balaban J connectivity index is 4.11. The quantitative estimate of drug-likeness (QED) is 0.610. The second-order valence-corrected chi connectivity index (χ2v) is 4.45. The number of carboxylic acid groups (broad SMARTS) is 1. The normalized spacial score (nSPS) is 12.3. The zero-order valence-electron chi connectivity index (χ0n) is 10.6. The predicted octanol–water partition coefficient (Wildman–Crippen LogP) is 0.509. The Morgan fingerprint density at radius 1 is 1.35 bits per heavy atom. The highest BCUT2D eigenvalue weighted by Crippen LogP contribution is 2.09. The molecule has 17 heavy (non-hydrogen) atoms. The van der Waals surface area contributed by atoms with Gasteiger partial charge in [-0.1, -0.05) is 13.8 Å². The molecule has 0 heterocycles. The molecule has 0 aromatic carbocycles. The number of carbonyl (C=O) groups excluding carboxylic acids is 1. The van der Waals surface area contributed by atoms with Gasteiger partial charge in [0.05, 0.1) is 19.1 Å². The van der Waals surface area contributed by atoms with E-state index in [0.29, 0.717) is 12.3 Å². The number of carboxylic acids is 1. The Morgan fingerprint density at radius 3 is 2.35 bits per heavy atom. The van der Waals surface area contributed by atoms with Crippen LogP contribution >= 0.6 is 0 Å². The lowest BCUT2D eigenvalue weighted by Gasteiger charge is -2.28. The number of nitrogens with zero attached hydrogens (tertiary/aromatic N) is 1. The minimum absolute atomic E-state index is 0.0956. The fraction of sp³-hybridized carbons (Fsp3) is 0.818. The largest absolute Gasteiger partial charge is 0.481 e. The van der Waals surface area contributed by atoms with Gasteiger partial charge in [0.1, 0.15) is 0 Å². The summed E-state index contributed by atoms with van der Waals surface area (Å²) in [5, 5.41) is 20.1. The van der Waals surface area contributed by atoms with E-state index < -0.39 is 5.97 Å². The highest BCUT2D eigenvalue weighted by atomic mass is 16.4. The summed E-state index contributed by atoms with van der Waals surface area (Å²) in [5.74, 6) is -0.574. The number of urea groups is 1. The monoisotopic (exact) mass is 246 g/mol. The van der Waals surface area contributed by atoms with Crippen LogP contribution in [0.4, 0.5) is 4.79 Å². The molecular formula is C11H22N2O4. The molecule has 3 N–H and O–H groups in total. The Hall–Kier alpha value is -1.30. The number of rotatable bonds is 7. The number of carbonyl (C=O) groups is 2. The number of hydrogen-bond donors (Lipinski definition) is 3. The Labute approximate surface area is 102 Å². The number of aliphatic hydroxyl groups is 1. The molecule has 1 unspecified atom stereocenters. The summed E-state index contributed by atoms with van der Waals surface area (Å²) >= 11 is 0. The van der Waals surface area contributed by atoms with Gasteiger partial charge in [0, 0.05) is 13.6 Å². The first-order chi connectivity index (χ1) is 7.88. The van der Waals surface area contributed by atoms with Crippen molar-refractivity contribution in [2.75, 3.05) is 20.2 Å². The zero-order valence-corrected chi connectivity index (χ0v) is 10.6. The predicted molar refractivity (Wildman–Crippen MR) is 63.7 cm³/mol. The molecule has 6 nitrogen and oxygen atoms in total. The highest BCUT2D eigenvalue weighted by Gasteiger charge is 2.19. The average molecular weight is 246 g/mol. The van der Waals surface area contributed by atoms with Crippen LogP contribution in [-0.4, -0.2) is 53.4 Å². The lowest BCUT2D eigenvalue weighted by atomic mass is 10.0. The van der Waals surface area contributed by atoms with Crippen molar-refractivity contribution in [3.63, 3.8) is 0 Å². The van der Waals surface area contributed by atoms with E-state index in [2.05, 4.69) is 5.32 Å². The summed E-state index contributed by atoms with van der Waals surface area (Å²) in [7, 11) is 1.60. The first-order valence-corrected chi connectivity index (χ1v) is 5.71. The second kappa shape index (κ2) is 7.89. The first kappa shape index (κ1) is 15.7. The fourth-order valence-corrected chi connectivity index (χ4v) is 1.47. The number of aliphatic carboxylic acids is 1. The number of aliphatic hydroxyl groups excluding tert-OH is 1. The zero-order chi connectivity index (χ0) is 13.4. The molecule has 2 amide bonds. The van der Waals surface area contributed by atoms with Gasteiger partial charge in [0.2, 0.25) is 0 Å². The number of hydrogen-bond acceptors (Lipinski definition) is 3. The van der Waals surface area contributed by atoms with Crippen LogP contribution in [0.3, 0.4) is 0 Å². The third-order valence-corrected chi connectivity index (χ3v) is 2.44. The molecular weight excluding hydrogens is 224 g/mol. The van der Waals surface area contributed by atoms with E-state index in [1.54, 1.807) is 7.05 Å². The Kier molecular flexibility index (Phi) is 7.29. The smallest absolute Gasteiger partial charge is 0.317 e. The minimum Gasteiger partial charge on any atom is -0.481 e. The Morgan fingerprint density at radius 2 is 1.94 bits per heavy atom. The molecule has 0 rings (SSSR count). The SMILES string of the molecule is CC(C)CC(CO)N(C)C(=O)NCCC(=O)O. The molecule has 0 spiro atoms. The maximum Gasteiger partial charge on any atom is 0.317 e. The second-order valence-electron chi connectivity index (χ2n) is 4.45. The topological polar surface area (TPSA) is 89.9 Å². The fourth-order valence-electron chi connectivity index (χ4n) is 1.47. The summed E-state index contributed by atoms with van der Waals surface area (Å²) in [6.07, 6.45) is 0.604. The molecule has 0 aromatic heterocycles. The van der Waals surface area contributed by atoms with E-state index in [0.717, 1.165) is 0 Å². The molecule has 0 aliphatic heterocycles. The van der Waals surface area contributed by atoms with Gasteiger partial charge in [0.25, 0.3) is 0 Å². The standard InChI is InChI=1S/C11H22N2O4/c1-8(2)6-9(7-14)13(3)11(17)12-5-4-10(15)16/h8-9,14H,4-7H2,1-3H3,(H,12,17)(H,15,16). The van der Waals surface area contributed by atoms with Gasteiger partial charge >= 0.3 is 12.0 Å². The molecule has 0 saturated carbocycles. The van der Waals surface area contributed by atoms with Crippen molar-refractivity contribution in [3.8, 4) is 0 Å². The molecule has 0 fully saturated rings. The molecule has 0 aliphatic rings. The van der Waals surface area contributed by atoms with Gasteiger partial charge in [-0.15, -0.1) is 0 Å². The van der Waals surface area contributed by atoms with Crippen LogP contribution in [0.25, 0.3) is 0 Å². The summed E-state index contributed by atoms with van der Waals surface area (Å²) in [5.41, 5.74) is 0. The highest BCUT2D eigenvalue weighted by molar-refractivity contribution is 5.75. The van der Waals surface area contributed by atoms with Crippen molar-refractivity contribution < 1.29 is 19.8 Å². The van der Waals surface area contributed by atoms with Crippen LogP contribution in [0, 0.1) is 5.92 Å². The van der Waals surface area contributed by atoms with Crippen molar-refractivity contribution in [3.05, 3.63) is 0 Å². The van der Waals surface area contributed by atoms with Crippen molar-refractivity contribution in [1.82, 2.24) is 10.2 Å². The first-order valence-electron chi connectivity index (χ1n) is 5.71. The molecule has 0 radical (unpaired) electrons. The van der Waals surface area contributed by atoms with Gasteiger partial charge in [-0.3, -0.25) is 4.79 Å². The van der Waals surface area contributed by atoms with E-state index in [1.807, 2.05) is 13.8 Å². The van der Waals surface area contributed by atoms with Crippen molar-refractivity contribution in [2.24, 2.45) is 5.92 Å². The van der Waals surface area contributed by atoms with Gasteiger partial charge in [-0.2, -0.15) is 0 Å². The summed E-state index contributed by atoms with van der Waals surface area (Å²) in [6, 6.07) is -0.592. The lowest BCUT2D eigenvalue weighted by Crippen LogP contribution is -2.46. The van der Waals surface area contributed by atoms with Gasteiger partial charge in [-0.25, -0.2) is 4.79 Å². The van der Waals surface area contributed by atoms with E-state index in [-0.39, 0.29) is 31.6 Å². The van der Waals surface area contributed by atoms with Crippen LogP contribution in [0.5, 0.6) is 0 Å². The molecule has 100 valence electrons. The maximum atomic E-state index is 11.6. The summed E-state index contributed by atoms with van der Waals surface area (Å²) < 4.78 is 0. The van der Waals surface area contributed by atoms with Crippen LogP contribution in [0.1, 0.15) is 26.7 Å². The van der Waals surface area contributed by atoms with E-state index in [9.17, 15) is 14.7 Å². The number of likely N-dealkylation sites (N-methyl/N-ethyl adjacent to an activating group) is 1. The molecule has 0 bridgehead atoms. The minimum atomic E-state index is -0.950. The maximum absolute atomic E-state index is 11.6. The van der Waals surface area contributed by atoms with Crippen molar-refractivity contribution in [1.29, 1.82) is 0 Å². The van der Waals surface area contributed by atoms with Gasteiger partial charge in [0.15, 0.2) is 0 Å². The molecule has 1 atom stereocenters. The van der Waals surface area contributed by atoms with E-state index in [1.165, 1.54) is 4.90 Å². The number of nitrogens with one attached hydrogen (secondary N) is 1. The number of amides is 2. The van der Waals surface area contributed by atoms with Crippen LogP contribution in [0.15, 0.2) is 0 Å². The molecule has 0 aliphatic carbocycles. The molecule has 0 aromatic rings. The van der Waals surface area contributed by atoms with E-state index >= 15 is 0 Å². The van der Waals surface area contributed by atoms with Crippen LogP contribution in [0.2, 0.25) is 0 Å². The van der Waals surface area contributed by atoms with E-state index in [4.69, 9.17) is 5.11 Å². The summed E-state index contributed by atoms with van der Waals surface area (Å²) in [4.78, 5) is 23.3. The summed E-state index contributed by atoms with van der Waals surface area (Å²) in [6.45, 7) is 4.02. The molecule has 6 heteroatoms. The average Bonchev–Trinajstić information content (AvgIpc) is 2.23. The van der Waals surface area contributed by atoms with Crippen LogP contribution in [-0.2, 0) is 4.79 Å². The van der Waals surface area contributed by atoms with Crippen LogP contribution < -0.4 is 5.32 Å². The van der Waals surface area contributed by atoms with Gasteiger partial charge < -0.3 is 20.4 Å².